The average molecular weight is 329 g/mol. The summed E-state index contributed by atoms with van der Waals surface area (Å²) >= 11 is 6.16. The molecule has 0 saturated heterocycles. The van der Waals surface area contributed by atoms with Crippen LogP contribution in [0.4, 0.5) is 23.3 Å². The van der Waals surface area contributed by atoms with E-state index in [0.29, 0.717) is 22.6 Å². The first-order chi connectivity index (χ1) is 11.0. The summed E-state index contributed by atoms with van der Waals surface area (Å²) in [6.07, 6.45) is 1.56. The van der Waals surface area contributed by atoms with Crippen LogP contribution < -0.4 is 10.6 Å². The molecule has 3 N–H and O–H groups in total. The van der Waals surface area contributed by atoms with Crippen LogP contribution in [-0.2, 0) is 0 Å². The highest BCUT2D eigenvalue weighted by Gasteiger charge is 2.09. The second-order valence-electron chi connectivity index (χ2n) is 5.39. The maximum absolute atomic E-state index is 6.16. The summed E-state index contributed by atoms with van der Waals surface area (Å²) in [6, 6.07) is 8.04. The van der Waals surface area contributed by atoms with Gasteiger partial charge in [0.15, 0.2) is 11.6 Å². The number of H-pyrrole nitrogens is 1. The van der Waals surface area contributed by atoms with E-state index in [0.717, 1.165) is 22.5 Å². The van der Waals surface area contributed by atoms with Crippen LogP contribution in [0.15, 0.2) is 30.5 Å². The Kier molecular flexibility index (Phi) is 4.16. The molecule has 0 unspecified atom stereocenters. The molecule has 2 heterocycles. The number of nitrogens with one attached hydrogen (secondary N) is 3. The molecule has 3 aromatic rings. The molecule has 2 aromatic heterocycles. The van der Waals surface area contributed by atoms with E-state index in [1.807, 2.05) is 26.8 Å². The quantitative estimate of drug-likeness (QED) is 0.666. The second kappa shape index (κ2) is 6.26. The van der Waals surface area contributed by atoms with Gasteiger partial charge in [0.05, 0.1) is 6.20 Å². The van der Waals surface area contributed by atoms with Crippen LogP contribution >= 0.6 is 11.6 Å². The first-order valence-corrected chi connectivity index (χ1v) is 7.55. The lowest BCUT2D eigenvalue weighted by Gasteiger charge is -2.11. The molecule has 23 heavy (non-hydrogen) atoms. The number of aromatic amines is 1. The van der Waals surface area contributed by atoms with Gasteiger partial charge in [0.1, 0.15) is 5.02 Å². The zero-order valence-electron chi connectivity index (χ0n) is 13.1. The first-order valence-electron chi connectivity index (χ1n) is 7.17. The maximum Gasteiger partial charge on any atom is 0.229 e. The van der Waals surface area contributed by atoms with Crippen molar-refractivity contribution in [3.8, 4) is 0 Å². The summed E-state index contributed by atoms with van der Waals surface area (Å²) in [5.41, 5.74) is 4.20. The van der Waals surface area contributed by atoms with Gasteiger partial charge in [0.2, 0.25) is 5.95 Å². The van der Waals surface area contributed by atoms with E-state index < -0.39 is 0 Å². The molecular formula is C16H17ClN6. The molecule has 0 amide bonds. The standard InChI is InChI=1S/C16H17ClN6/c1-9-4-5-10(2)13(6-9)19-16-18-8-12(17)15(21-16)20-14-7-11(3)22-23-14/h4-8H,1-3H3,(H3,18,19,20,21,22,23). The fourth-order valence-corrected chi connectivity index (χ4v) is 2.25. The first kappa shape index (κ1) is 15.3. The highest BCUT2D eigenvalue weighted by atomic mass is 35.5. The maximum atomic E-state index is 6.16. The summed E-state index contributed by atoms with van der Waals surface area (Å²) in [5, 5.41) is 13.7. The molecule has 3 rings (SSSR count). The summed E-state index contributed by atoms with van der Waals surface area (Å²) in [5.74, 6) is 1.62. The summed E-state index contributed by atoms with van der Waals surface area (Å²) in [4.78, 5) is 8.65. The predicted molar refractivity (Wildman–Crippen MR) is 92.8 cm³/mol. The van der Waals surface area contributed by atoms with Gasteiger partial charge in [0.25, 0.3) is 0 Å². The Morgan fingerprint density at radius 3 is 2.65 bits per heavy atom. The minimum absolute atomic E-state index is 0.428. The minimum atomic E-state index is 0.428. The normalized spacial score (nSPS) is 10.6. The fourth-order valence-electron chi connectivity index (χ4n) is 2.11. The average Bonchev–Trinajstić information content (AvgIpc) is 2.92. The van der Waals surface area contributed by atoms with Crippen molar-refractivity contribution in [1.29, 1.82) is 0 Å². The molecule has 0 radical (unpaired) electrons. The third kappa shape index (κ3) is 3.60. The topological polar surface area (TPSA) is 78.5 Å². The van der Waals surface area contributed by atoms with Crippen molar-refractivity contribution in [3.05, 3.63) is 52.3 Å². The summed E-state index contributed by atoms with van der Waals surface area (Å²) in [6.45, 7) is 6.00. The fraction of sp³-hybridized carbons (Fsp3) is 0.188. The lowest BCUT2D eigenvalue weighted by molar-refractivity contribution is 1.05. The molecule has 118 valence electrons. The van der Waals surface area contributed by atoms with Crippen LogP contribution in [0.1, 0.15) is 16.8 Å². The molecule has 0 bridgehead atoms. The van der Waals surface area contributed by atoms with Crippen molar-refractivity contribution >= 4 is 34.9 Å². The van der Waals surface area contributed by atoms with Crippen molar-refractivity contribution in [3.63, 3.8) is 0 Å². The molecule has 0 spiro atoms. The zero-order valence-corrected chi connectivity index (χ0v) is 13.9. The number of nitrogens with zero attached hydrogens (tertiary/aromatic N) is 3. The largest absolute Gasteiger partial charge is 0.324 e. The minimum Gasteiger partial charge on any atom is -0.324 e. The van der Waals surface area contributed by atoms with Gasteiger partial charge in [-0.3, -0.25) is 5.10 Å². The molecule has 0 atom stereocenters. The molecule has 0 fully saturated rings. The number of benzene rings is 1. The Morgan fingerprint density at radius 2 is 1.91 bits per heavy atom. The van der Waals surface area contributed by atoms with Gasteiger partial charge in [-0.25, -0.2) is 4.98 Å². The molecular weight excluding hydrogens is 312 g/mol. The SMILES string of the molecule is Cc1ccc(C)c(Nc2ncc(Cl)c(Nc3cc(C)[nH]n3)n2)c1. The van der Waals surface area contributed by atoms with Gasteiger partial charge in [0, 0.05) is 17.4 Å². The van der Waals surface area contributed by atoms with Crippen LogP contribution in [0, 0.1) is 20.8 Å². The van der Waals surface area contributed by atoms with E-state index in [1.54, 1.807) is 6.20 Å². The van der Waals surface area contributed by atoms with Gasteiger partial charge in [-0.2, -0.15) is 10.1 Å². The Labute approximate surface area is 139 Å². The van der Waals surface area contributed by atoms with Gasteiger partial charge < -0.3 is 10.6 Å². The Balaban J connectivity index is 1.86. The third-order valence-corrected chi connectivity index (χ3v) is 3.61. The predicted octanol–water partition coefficient (Wildman–Crippen LogP) is 4.27. The number of hydrogen-bond donors (Lipinski definition) is 3. The lowest BCUT2D eigenvalue weighted by Crippen LogP contribution is -2.02. The molecule has 0 aliphatic heterocycles. The van der Waals surface area contributed by atoms with E-state index in [2.05, 4.69) is 49.0 Å². The number of anilines is 4. The molecule has 7 heteroatoms. The van der Waals surface area contributed by atoms with Crippen molar-refractivity contribution in [2.45, 2.75) is 20.8 Å². The van der Waals surface area contributed by atoms with E-state index in [9.17, 15) is 0 Å². The van der Waals surface area contributed by atoms with E-state index >= 15 is 0 Å². The summed E-state index contributed by atoms with van der Waals surface area (Å²) in [7, 11) is 0. The molecule has 1 aromatic carbocycles. The van der Waals surface area contributed by atoms with Crippen molar-refractivity contribution in [1.82, 2.24) is 20.2 Å². The highest BCUT2D eigenvalue weighted by molar-refractivity contribution is 6.32. The van der Waals surface area contributed by atoms with Crippen molar-refractivity contribution in [2.75, 3.05) is 10.6 Å². The molecule has 0 aliphatic carbocycles. The lowest BCUT2D eigenvalue weighted by atomic mass is 10.1. The molecule has 0 aliphatic rings. The molecule has 0 saturated carbocycles. The Morgan fingerprint density at radius 1 is 1.09 bits per heavy atom. The number of aromatic nitrogens is 4. The van der Waals surface area contributed by atoms with Crippen LogP contribution in [0.3, 0.4) is 0 Å². The number of aryl methyl sites for hydroxylation is 3. The van der Waals surface area contributed by atoms with Gasteiger partial charge >= 0.3 is 0 Å². The number of hydrogen-bond acceptors (Lipinski definition) is 5. The van der Waals surface area contributed by atoms with Crippen LogP contribution in [0.5, 0.6) is 0 Å². The van der Waals surface area contributed by atoms with E-state index in [4.69, 9.17) is 11.6 Å². The van der Waals surface area contributed by atoms with E-state index in [-0.39, 0.29) is 0 Å². The second-order valence-corrected chi connectivity index (χ2v) is 5.80. The molecule has 6 nitrogen and oxygen atoms in total. The zero-order chi connectivity index (χ0) is 16.4. The van der Waals surface area contributed by atoms with Crippen LogP contribution in [0.25, 0.3) is 0 Å². The van der Waals surface area contributed by atoms with Crippen molar-refractivity contribution in [2.24, 2.45) is 0 Å². The number of rotatable bonds is 4. The van der Waals surface area contributed by atoms with Crippen LogP contribution in [0.2, 0.25) is 5.02 Å². The summed E-state index contributed by atoms with van der Waals surface area (Å²) < 4.78 is 0. The van der Waals surface area contributed by atoms with Gasteiger partial charge in [-0.05, 0) is 38.0 Å². The van der Waals surface area contributed by atoms with Gasteiger partial charge in [-0.15, -0.1) is 0 Å². The van der Waals surface area contributed by atoms with Crippen LogP contribution in [-0.4, -0.2) is 20.2 Å². The van der Waals surface area contributed by atoms with Crippen molar-refractivity contribution < 1.29 is 0 Å². The smallest absolute Gasteiger partial charge is 0.229 e. The highest BCUT2D eigenvalue weighted by Crippen LogP contribution is 2.25. The van der Waals surface area contributed by atoms with E-state index in [1.165, 1.54) is 0 Å². The Bertz CT molecular complexity index is 842. The van der Waals surface area contributed by atoms with Gasteiger partial charge in [-0.1, -0.05) is 23.7 Å². The Hall–Kier alpha value is -2.60. The number of halogens is 1. The monoisotopic (exact) mass is 328 g/mol. The third-order valence-electron chi connectivity index (χ3n) is 3.34.